The molecule has 0 saturated carbocycles. The molecular weight excluding hydrogens is 550 g/mol. The van der Waals surface area contributed by atoms with Crippen molar-refractivity contribution in [1.82, 2.24) is 9.29 Å². The number of nitrogens with one attached hydrogen (secondary N) is 1. The second-order valence-corrected chi connectivity index (χ2v) is 11.6. The van der Waals surface area contributed by atoms with Gasteiger partial charge in [0, 0.05) is 18.5 Å². The Labute approximate surface area is 228 Å². The van der Waals surface area contributed by atoms with E-state index in [0.717, 1.165) is 4.88 Å². The lowest BCUT2D eigenvalue weighted by atomic mass is 10.1. The summed E-state index contributed by atoms with van der Waals surface area (Å²) in [6, 6.07) is 16.7. The first-order valence-electron chi connectivity index (χ1n) is 11.6. The number of hydrogen-bond donors (Lipinski definition) is 1. The summed E-state index contributed by atoms with van der Waals surface area (Å²) >= 11 is 7.70. The Balaban J connectivity index is 1.31. The van der Waals surface area contributed by atoms with Gasteiger partial charge in [0.25, 0.3) is 5.91 Å². The van der Waals surface area contributed by atoms with Crippen LogP contribution in [0.2, 0.25) is 5.02 Å². The van der Waals surface area contributed by atoms with Gasteiger partial charge in [-0.05, 0) is 41.8 Å². The number of esters is 1. The topological polar surface area (TPSA) is 115 Å². The largest absolute Gasteiger partial charge is 0.452 e. The minimum Gasteiger partial charge on any atom is -0.452 e. The average molecular weight is 572 g/mol. The molecule has 1 amide bonds. The number of carbonyl (C=O) groups excluding carboxylic acids is 2. The second kappa shape index (κ2) is 11.2. The Bertz CT molecular complexity index is 1600. The molecule has 1 aliphatic heterocycles. The van der Waals surface area contributed by atoms with Crippen LogP contribution < -0.4 is 5.32 Å². The van der Waals surface area contributed by atoms with E-state index in [9.17, 15) is 18.0 Å². The van der Waals surface area contributed by atoms with Gasteiger partial charge in [-0.1, -0.05) is 35.9 Å². The molecular formula is C26H22ClN3O6S2. The monoisotopic (exact) mass is 571 g/mol. The Morgan fingerprint density at radius 3 is 2.63 bits per heavy atom. The number of anilines is 1. The van der Waals surface area contributed by atoms with Gasteiger partial charge in [-0.2, -0.15) is 4.31 Å². The molecule has 2 aromatic heterocycles. The van der Waals surface area contributed by atoms with Crippen LogP contribution in [0.1, 0.15) is 10.4 Å². The van der Waals surface area contributed by atoms with Crippen LogP contribution in [0.5, 0.6) is 0 Å². The van der Waals surface area contributed by atoms with Crippen molar-refractivity contribution in [3.8, 4) is 10.6 Å². The molecule has 1 saturated heterocycles. The Morgan fingerprint density at radius 1 is 1.08 bits per heavy atom. The van der Waals surface area contributed by atoms with Crippen LogP contribution in [0.15, 0.2) is 70.9 Å². The number of morpholine rings is 1. The Kier molecular flexibility index (Phi) is 7.73. The van der Waals surface area contributed by atoms with Gasteiger partial charge >= 0.3 is 5.97 Å². The standard InChI is InChI=1S/C26H22ClN3O6S2/c27-20-8-7-17(38(33,34)30-9-11-35-12-10-30)14-22(20)29-25(31)16-36-26(32)19-15-23(24-6-3-13-37-24)28-21-5-2-1-4-18(19)21/h1-8,13-15H,9-12,16H2,(H,29,31). The number of nitrogens with zero attached hydrogens (tertiary/aromatic N) is 2. The van der Waals surface area contributed by atoms with Crippen LogP contribution in [-0.2, 0) is 24.3 Å². The van der Waals surface area contributed by atoms with Crippen molar-refractivity contribution in [2.45, 2.75) is 4.90 Å². The van der Waals surface area contributed by atoms with E-state index in [2.05, 4.69) is 10.3 Å². The van der Waals surface area contributed by atoms with Gasteiger partial charge in [-0.25, -0.2) is 18.2 Å². The number of hydrogen-bond acceptors (Lipinski definition) is 8. The van der Waals surface area contributed by atoms with Crippen LogP contribution >= 0.6 is 22.9 Å². The molecule has 2 aromatic carbocycles. The van der Waals surface area contributed by atoms with E-state index in [1.807, 2.05) is 23.6 Å². The molecule has 1 aliphatic rings. The summed E-state index contributed by atoms with van der Waals surface area (Å²) in [5.41, 5.74) is 1.62. The van der Waals surface area contributed by atoms with E-state index < -0.39 is 28.5 Å². The molecule has 12 heteroatoms. The first kappa shape index (κ1) is 26.3. The number of rotatable bonds is 7. The van der Waals surface area contributed by atoms with E-state index in [1.165, 1.54) is 33.8 Å². The summed E-state index contributed by atoms with van der Waals surface area (Å²) < 4.78 is 37.8. The molecule has 0 spiro atoms. The van der Waals surface area contributed by atoms with E-state index in [-0.39, 0.29) is 34.3 Å². The SMILES string of the molecule is O=C(COC(=O)c1cc(-c2cccs2)nc2ccccc12)Nc1cc(S(=O)(=O)N2CCOCC2)ccc1Cl. The number of sulfonamides is 1. The fourth-order valence-electron chi connectivity index (χ4n) is 3.99. The van der Waals surface area contributed by atoms with Gasteiger partial charge in [-0.3, -0.25) is 4.79 Å². The smallest absolute Gasteiger partial charge is 0.339 e. The van der Waals surface area contributed by atoms with E-state index >= 15 is 0 Å². The summed E-state index contributed by atoms with van der Waals surface area (Å²) in [4.78, 5) is 31.2. The van der Waals surface area contributed by atoms with Crippen molar-refractivity contribution < 1.29 is 27.5 Å². The number of aromatic nitrogens is 1. The summed E-state index contributed by atoms with van der Waals surface area (Å²) in [5.74, 6) is -1.36. The minimum atomic E-state index is -3.79. The average Bonchev–Trinajstić information content (AvgIpc) is 3.48. The number of para-hydroxylation sites is 1. The zero-order chi connectivity index (χ0) is 26.7. The fourth-order valence-corrected chi connectivity index (χ4v) is 6.27. The number of halogens is 1. The van der Waals surface area contributed by atoms with Crippen molar-refractivity contribution >= 4 is 61.4 Å². The maximum Gasteiger partial charge on any atom is 0.339 e. The second-order valence-electron chi connectivity index (χ2n) is 8.33. The first-order valence-corrected chi connectivity index (χ1v) is 14.3. The summed E-state index contributed by atoms with van der Waals surface area (Å²) in [6.07, 6.45) is 0. The molecule has 0 atom stereocenters. The number of thiophene rings is 1. The fraction of sp³-hybridized carbons (Fsp3) is 0.192. The third kappa shape index (κ3) is 5.57. The van der Waals surface area contributed by atoms with Crippen molar-refractivity contribution in [2.24, 2.45) is 0 Å². The molecule has 0 aliphatic carbocycles. The molecule has 1 fully saturated rings. The number of carbonyl (C=O) groups is 2. The molecule has 9 nitrogen and oxygen atoms in total. The zero-order valence-electron chi connectivity index (χ0n) is 19.9. The first-order chi connectivity index (χ1) is 18.3. The molecule has 5 rings (SSSR count). The number of ether oxygens (including phenoxy) is 2. The quantitative estimate of drug-likeness (QED) is 0.326. The maximum absolute atomic E-state index is 13.0. The Hall–Kier alpha value is -3.35. The summed E-state index contributed by atoms with van der Waals surface area (Å²) in [6.45, 7) is 0.494. The molecule has 0 bridgehead atoms. The van der Waals surface area contributed by atoms with Gasteiger partial charge < -0.3 is 14.8 Å². The number of amides is 1. The van der Waals surface area contributed by atoms with E-state index in [0.29, 0.717) is 29.8 Å². The third-order valence-corrected chi connectivity index (χ3v) is 8.98. The van der Waals surface area contributed by atoms with Gasteiger partial charge in [-0.15, -0.1) is 11.3 Å². The van der Waals surface area contributed by atoms with Crippen LogP contribution in [0.3, 0.4) is 0 Å². The highest BCUT2D eigenvalue weighted by atomic mass is 35.5. The lowest BCUT2D eigenvalue weighted by molar-refractivity contribution is -0.119. The molecule has 0 radical (unpaired) electrons. The number of benzene rings is 2. The van der Waals surface area contributed by atoms with Crippen molar-refractivity contribution in [1.29, 1.82) is 0 Å². The van der Waals surface area contributed by atoms with Gasteiger partial charge in [0.15, 0.2) is 6.61 Å². The molecule has 4 aromatic rings. The zero-order valence-corrected chi connectivity index (χ0v) is 22.3. The molecule has 3 heterocycles. The highest BCUT2D eigenvalue weighted by molar-refractivity contribution is 7.89. The maximum atomic E-state index is 13.0. The highest BCUT2D eigenvalue weighted by Crippen LogP contribution is 2.29. The van der Waals surface area contributed by atoms with Crippen molar-refractivity contribution in [2.75, 3.05) is 38.2 Å². The van der Waals surface area contributed by atoms with E-state index in [1.54, 1.807) is 24.3 Å². The molecule has 0 unspecified atom stereocenters. The van der Waals surface area contributed by atoms with Crippen LogP contribution in [0, 0.1) is 0 Å². The predicted molar refractivity (Wildman–Crippen MR) is 145 cm³/mol. The molecule has 1 N–H and O–H groups in total. The van der Waals surface area contributed by atoms with Crippen LogP contribution in [0.25, 0.3) is 21.5 Å². The lowest BCUT2D eigenvalue weighted by Gasteiger charge is -2.26. The number of fused-ring (bicyclic) bond motifs is 1. The Morgan fingerprint density at radius 2 is 1.87 bits per heavy atom. The molecule has 38 heavy (non-hydrogen) atoms. The van der Waals surface area contributed by atoms with Crippen molar-refractivity contribution in [3.05, 3.63) is 76.6 Å². The highest BCUT2D eigenvalue weighted by Gasteiger charge is 2.27. The molecule has 196 valence electrons. The number of pyridine rings is 1. The van der Waals surface area contributed by atoms with Crippen molar-refractivity contribution in [3.63, 3.8) is 0 Å². The normalized spacial score (nSPS) is 14.3. The third-order valence-electron chi connectivity index (χ3n) is 5.86. The van der Waals surface area contributed by atoms with E-state index in [4.69, 9.17) is 21.1 Å². The predicted octanol–water partition coefficient (Wildman–Crippen LogP) is 4.43. The summed E-state index contributed by atoms with van der Waals surface area (Å²) in [5, 5.41) is 5.20. The van der Waals surface area contributed by atoms with Gasteiger partial charge in [0.1, 0.15) is 0 Å². The van der Waals surface area contributed by atoms with Crippen LogP contribution in [0.4, 0.5) is 5.69 Å². The minimum absolute atomic E-state index is 0.0135. The van der Waals surface area contributed by atoms with Crippen LogP contribution in [-0.4, -0.2) is 62.5 Å². The van der Waals surface area contributed by atoms with Gasteiger partial charge in [0.2, 0.25) is 10.0 Å². The van der Waals surface area contributed by atoms with Gasteiger partial charge in [0.05, 0.1) is 50.5 Å². The lowest BCUT2D eigenvalue weighted by Crippen LogP contribution is -2.40. The summed E-state index contributed by atoms with van der Waals surface area (Å²) in [7, 11) is -3.79.